The fourth-order valence-electron chi connectivity index (χ4n) is 1.85. The first-order chi connectivity index (χ1) is 8.19. The summed E-state index contributed by atoms with van der Waals surface area (Å²) >= 11 is 3.39. The van der Waals surface area contributed by atoms with Crippen LogP contribution in [0.25, 0.3) is 0 Å². The molecule has 5 heteroatoms. The molecular formula is C12H14BrNO3. The second-order valence-electron chi connectivity index (χ2n) is 3.92. The Hall–Kier alpha value is -1.07. The zero-order chi connectivity index (χ0) is 12.3. The fourth-order valence-corrected chi connectivity index (χ4v) is 2.23. The zero-order valence-corrected chi connectivity index (χ0v) is 11.1. The molecule has 0 bridgehead atoms. The van der Waals surface area contributed by atoms with Crippen molar-refractivity contribution in [3.05, 3.63) is 28.7 Å². The molecule has 1 saturated heterocycles. The topological polar surface area (TPSA) is 47.6 Å². The number of halogens is 1. The van der Waals surface area contributed by atoms with Gasteiger partial charge in [0.1, 0.15) is 17.9 Å². The Morgan fingerprint density at radius 3 is 3.06 bits per heavy atom. The van der Waals surface area contributed by atoms with E-state index in [2.05, 4.69) is 26.0 Å². The van der Waals surface area contributed by atoms with Crippen LogP contribution in [0.15, 0.2) is 28.7 Å². The van der Waals surface area contributed by atoms with Crippen LogP contribution in [0.4, 0.5) is 0 Å². The summed E-state index contributed by atoms with van der Waals surface area (Å²) in [4.78, 5) is 11.3. The molecule has 1 fully saturated rings. The molecule has 1 aromatic rings. The molecule has 0 aromatic heterocycles. The maximum absolute atomic E-state index is 11.3. The Labute approximate surface area is 108 Å². The zero-order valence-electron chi connectivity index (χ0n) is 9.48. The van der Waals surface area contributed by atoms with Crippen molar-refractivity contribution in [2.45, 2.75) is 18.6 Å². The average molecular weight is 300 g/mol. The first-order valence-electron chi connectivity index (χ1n) is 5.42. The quantitative estimate of drug-likeness (QED) is 0.864. The minimum atomic E-state index is -0.253. The number of ether oxygens (including phenoxy) is 2. The highest BCUT2D eigenvalue weighted by molar-refractivity contribution is 9.10. The molecule has 17 heavy (non-hydrogen) atoms. The number of hydrogen-bond acceptors (Lipinski definition) is 4. The van der Waals surface area contributed by atoms with Gasteiger partial charge >= 0.3 is 5.97 Å². The van der Waals surface area contributed by atoms with Gasteiger partial charge in [-0.15, -0.1) is 0 Å². The molecule has 4 nitrogen and oxygen atoms in total. The molecule has 0 aliphatic carbocycles. The molecule has 1 aliphatic heterocycles. The van der Waals surface area contributed by atoms with Crippen LogP contribution < -0.4 is 10.1 Å². The normalized spacial score (nSPS) is 23.4. The molecule has 0 radical (unpaired) electrons. The molecule has 0 amide bonds. The molecule has 92 valence electrons. The predicted octanol–water partition coefficient (Wildman–Crippen LogP) is 1.73. The summed E-state index contributed by atoms with van der Waals surface area (Å²) in [5, 5.41) is 3.08. The third-order valence-electron chi connectivity index (χ3n) is 2.68. The van der Waals surface area contributed by atoms with E-state index in [0.717, 1.165) is 10.2 Å². The predicted molar refractivity (Wildman–Crippen MR) is 67.0 cm³/mol. The molecule has 2 atom stereocenters. The van der Waals surface area contributed by atoms with Gasteiger partial charge < -0.3 is 14.8 Å². The van der Waals surface area contributed by atoms with Crippen LogP contribution in [0, 0.1) is 0 Å². The summed E-state index contributed by atoms with van der Waals surface area (Å²) in [6.07, 6.45) is 0.646. The van der Waals surface area contributed by atoms with Crippen molar-refractivity contribution in [3.8, 4) is 5.75 Å². The summed E-state index contributed by atoms with van der Waals surface area (Å²) in [6.45, 7) is 0.659. The number of nitrogens with one attached hydrogen (secondary N) is 1. The molecule has 0 spiro atoms. The van der Waals surface area contributed by atoms with Crippen molar-refractivity contribution in [2.24, 2.45) is 0 Å². The van der Waals surface area contributed by atoms with Crippen LogP contribution >= 0.6 is 15.9 Å². The van der Waals surface area contributed by atoms with Crippen LogP contribution in [-0.2, 0) is 9.53 Å². The van der Waals surface area contributed by atoms with Crippen LogP contribution in [-0.4, -0.2) is 31.8 Å². The van der Waals surface area contributed by atoms with E-state index in [1.807, 2.05) is 24.3 Å². The van der Waals surface area contributed by atoms with Crippen molar-refractivity contribution in [1.29, 1.82) is 0 Å². The van der Waals surface area contributed by atoms with Crippen molar-refractivity contribution >= 4 is 21.9 Å². The number of carbonyl (C=O) groups is 1. The number of carbonyl (C=O) groups excluding carboxylic acids is 1. The van der Waals surface area contributed by atoms with Gasteiger partial charge in [0.15, 0.2) is 0 Å². The summed E-state index contributed by atoms with van der Waals surface area (Å²) in [7, 11) is 1.40. The van der Waals surface area contributed by atoms with Crippen molar-refractivity contribution in [2.75, 3.05) is 13.7 Å². The third-order valence-corrected chi connectivity index (χ3v) is 3.17. The number of benzene rings is 1. The van der Waals surface area contributed by atoms with E-state index >= 15 is 0 Å². The summed E-state index contributed by atoms with van der Waals surface area (Å²) in [5.41, 5.74) is 0. The van der Waals surface area contributed by atoms with Gasteiger partial charge in [0.25, 0.3) is 0 Å². The van der Waals surface area contributed by atoms with Crippen molar-refractivity contribution in [1.82, 2.24) is 5.32 Å². The maximum Gasteiger partial charge on any atom is 0.323 e. The fraction of sp³-hybridized carbons (Fsp3) is 0.417. The number of rotatable bonds is 3. The van der Waals surface area contributed by atoms with E-state index in [1.54, 1.807) is 0 Å². The van der Waals surface area contributed by atoms with Crippen molar-refractivity contribution < 1.29 is 14.3 Å². The van der Waals surface area contributed by atoms with E-state index in [4.69, 9.17) is 4.74 Å². The molecule has 1 heterocycles. The summed E-state index contributed by atoms with van der Waals surface area (Å²) in [6, 6.07) is 7.41. The SMILES string of the molecule is COC(=O)C1CC(Oc2cccc(Br)c2)CN1. The Morgan fingerprint density at radius 2 is 2.35 bits per heavy atom. The first-order valence-corrected chi connectivity index (χ1v) is 6.22. The van der Waals surface area contributed by atoms with E-state index in [9.17, 15) is 4.79 Å². The number of hydrogen-bond donors (Lipinski definition) is 1. The van der Waals surface area contributed by atoms with Gasteiger partial charge in [-0.1, -0.05) is 22.0 Å². The Balaban J connectivity index is 1.92. The Kier molecular flexibility index (Phi) is 4.02. The van der Waals surface area contributed by atoms with Gasteiger partial charge in [0.2, 0.25) is 0 Å². The summed E-state index contributed by atoms with van der Waals surface area (Å²) < 4.78 is 11.4. The van der Waals surface area contributed by atoms with Gasteiger partial charge in [-0.05, 0) is 18.2 Å². The number of esters is 1. The monoisotopic (exact) mass is 299 g/mol. The summed E-state index contributed by atoms with van der Waals surface area (Å²) in [5.74, 6) is 0.571. The van der Waals surface area contributed by atoms with E-state index in [1.165, 1.54) is 7.11 Å². The third kappa shape index (κ3) is 3.20. The lowest BCUT2D eigenvalue weighted by molar-refractivity contribution is -0.142. The molecule has 1 aliphatic rings. The van der Waals surface area contributed by atoms with Gasteiger partial charge in [0, 0.05) is 17.4 Å². The minimum absolute atomic E-state index is 0.00778. The van der Waals surface area contributed by atoms with Gasteiger partial charge in [-0.3, -0.25) is 4.79 Å². The lowest BCUT2D eigenvalue weighted by Gasteiger charge is -2.12. The maximum atomic E-state index is 11.3. The lowest BCUT2D eigenvalue weighted by Crippen LogP contribution is -2.31. The minimum Gasteiger partial charge on any atom is -0.489 e. The average Bonchev–Trinajstić information content (AvgIpc) is 2.76. The lowest BCUT2D eigenvalue weighted by atomic mass is 10.2. The van der Waals surface area contributed by atoms with Crippen LogP contribution in [0.1, 0.15) is 6.42 Å². The molecule has 0 saturated carbocycles. The Morgan fingerprint density at radius 1 is 1.53 bits per heavy atom. The van der Waals surface area contributed by atoms with E-state index < -0.39 is 0 Å². The second kappa shape index (κ2) is 5.51. The largest absolute Gasteiger partial charge is 0.489 e. The number of methoxy groups -OCH3 is 1. The highest BCUT2D eigenvalue weighted by Gasteiger charge is 2.31. The standard InChI is InChI=1S/C12H14BrNO3/c1-16-12(15)11-6-10(7-14-11)17-9-4-2-3-8(13)5-9/h2-5,10-11,14H,6-7H2,1H3. The second-order valence-corrected chi connectivity index (χ2v) is 4.83. The van der Waals surface area contributed by atoms with Gasteiger partial charge in [0.05, 0.1) is 7.11 Å². The highest BCUT2D eigenvalue weighted by Crippen LogP contribution is 2.21. The van der Waals surface area contributed by atoms with E-state index in [0.29, 0.717) is 13.0 Å². The molecule has 2 rings (SSSR count). The highest BCUT2D eigenvalue weighted by atomic mass is 79.9. The van der Waals surface area contributed by atoms with Gasteiger partial charge in [-0.2, -0.15) is 0 Å². The van der Waals surface area contributed by atoms with Crippen LogP contribution in [0.5, 0.6) is 5.75 Å². The molecule has 2 unspecified atom stereocenters. The Bertz CT molecular complexity index is 410. The molecule has 1 N–H and O–H groups in total. The van der Waals surface area contributed by atoms with E-state index in [-0.39, 0.29) is 18.1 Å². The molecule has 1 aromatic carbocycles. The van der Waals surface area contributed by atoms with Crippen LogP contribution in [0.2, 0.25) is 0 Å². The van der Waals surface area contributed by atoms with Gasteiger partial charge in [-0.25, -0.2) is 0 Å². The first kappa shape index (κ1) is 12.4. The molecular weight excluding hydrogens is 286 g/mol. The smallest absolute Gasteiger partial charge is 0.323 e. The van der Waals surface area contributed by atoms with Crippen LogP contribution in [0.3, 0.4) is 0 Å². The van der Waals surface area contributed by atoms with Crippen molar-refractivity contribution in [3.63, 3.8) is 0 Å².